The minimum atomic E-state index is -0.591. The van der Waals surface area contributed by atoms with Crippen molar-refractivity contribution < 1.29 is 14.5 Å². The fraction of sp³-hybridized carbons (Fsp3) is 0.462. The number of morpholine rings is 1. The van der Waals surface area contributed by atoms with E-state index < -0.39 is 4.92 Å². The highest BCUT2D eigenvalue weighted by molar-refractivity contribution is 6.31. The van der Waals surface area contributed by atoms with E-state index >= 15 is 0 Å². The number of nitro groups is 1. The Morgan fingerprint density at radius 2 is 2.00 bits per heavy atom. The molecule has 2 atom stereocenters. The molecular weight excluding hydrogens is 284 g/mol. The number of hydrogen-bond donors (Lipinski definition) is 0. The zero-order valence-electron chi connectivity index (χ0n) is 11.2. The summed E-state index contributed by atoms with van der Waals surface area (Å²) in [7, 11) is 0. The molecule has 0 aromatic heterocycles. The van der Waals surface area contributed by atoms with Crippen LogP contribution in [0.1, 0.15) is 24.2 Å². The van der Waals surface area contributed by atoms with E-state index in [2.05, 4.69) is 0 Å². The molecule has 1 amide bonds. The van der Waals surface area contributed by atoms with Gasteiger partial charge in [0, 0.05) is 24.2 Å². The first-order valence-electron chi connectivity index (χ1n) is 6.27. The van der Waals surface area contributed by atoms with Crippen molar-refractivity contribution in [2.45, 2.75) is 26.1 Å². The molecule has 1 saturated heterocycles. The molecule has 0 spiro atoms. The van der Waals surface area contributed by atoms with Crippen molar-refractivity contribution in [3.05, 3.63) is 38.9 Å². The number of carbonyl (C=O) groups excluding carboxylic acids is 1. The lowest BCUT2D eigenvalue weighted by Gasteiger charge is -2.35. The quantitative estimate of drug-likeness (QED) is 0.621. The third-order valence-electron chi connectivity index (χ3n) is 3.09. The van der Waals surface area contributed by atoms with E-state index in [1.54, 1.807) is 4.90 Å². The van der Waals surface area contributed by atoms with Gasteiger partial charge in [-0.1, -0.05) is 11.6 Å². The number of halogens is 1. The number of amides is 1. The van der Waals surface area contributed by atoms with Crippen LogP contribution in [0, 0.1) is 10.1 Å². The molecule has 0 bridgehead atoms. The van der Waals surface area contributed by atoms with Crippen molar-refractivity contribution in [2.24, 2.45) is 0 Å². The van der Waals surface area contributed by atoms with Gasteiger partial charge in [0.1, 0.15) is 5.56 Å². The second kappa shape index (κ2) is 5.76. The number of nitrogens with zero attached hydrogens (tertiary/aromatic N) is 2. The Morgan fingerprint density at radius 1 is 1.40 bits per heavy atom. The average molecular weight is 299 g/mol. The number of rotatable bonds is 2. The van der Waals surface area contributed by atoms with Crippen molar-refractivity contribution >= 4 is 23.2 Å². The minimum Gasteiger partial charge on any atom is -0.372 e. The molecule has 1 aromatic carbocycles. The first-order chi connectivity index (χ1) is 9.38. The Hall–Kier alpha value is -1.66. The highest BCUT2D eigenvalue weighted by Crippen LogP contribution is 2.25. The number of carbonyl (C=O) groups is 1. The van der Waals surface area contributed by atoms with Gasteiger partial charge in [-0.3, -0.25) is 14.9 Å². The summed E-state index contributed by atoms with van der Waals surface area (Å²) >= 11 is 5.75. The maximum Gasteiger partial charge on any atom is 0.283 e. The molecule has 0 unspecified atom stereocenters. The average Bonchev–Trinajstić information content (AvgIpc) is 2.36. The first kappa shape index (κ1) is 14.7. The van der Waals surface area contributed by atoms with E-state index in [0.717, 1.165) is 0 Å². The fourth-order valence-corrected chi connectivity index (χ4v) is 2.52. The molecule has 0 saturated carbocycles. The summed E-state index contributed by atoms with van der Waals surface area (Å²) in [4.78, 5) is 24.5. The largest absolute Gasteiger partial charge is 0.372 e. The Bertz CT molecular complexity index is 539. The number of benzene rings is 1. The van der Waals surface area contributed by atoms with Gasteiger partial charge >= 0.3 is 0 Å². The number of ether oxygens (including phenoxy) is 1. The van der Waals surface area contributed by atoms with Crippen LogP contribution in [0.25, 0.3) is 0 Å². The predicted molar refractivity (Wildman–Crippen MR) is 74.0 cm³/mol. The second-order valence-corrected chi connectivity index (χ2v) is 5.32. The fourth-order valence-electron chi connectivity index (χ4n) is 2.35. The zero-order chi connectivity index (χ0) is 14.9. The van der Waals surface area contributed by atoms with Crippen molar-refractivity contribution in [3.63, 3.8) is 0 Å². The first-order valence-corrected chi connectivity index (χ1v) is 6.65. The molecule has 1 aliphatic rings. The summed E-state index contributed by atoms with van der Waals surface area (Å²) in [6.45, 7) is 4.57. The van der Waals surface area contributed by atoms with Crippen LogP contribution in [0.3, 0.4) is 0 Å². The van der Waals surface area contributed by atoms with Crippen molar-refractivity contribution in [1.29, 1.82) is 0 Å². The van der Waals surface area contributed by atoms with Gasteiger partial charge in [-0.15, -0.1) is 0 Å². The second-order valence-electron chi connectivity index (χ2n) is 4.89. The molecule has 108 valence electrons. The molecule has 1 aromatic rings. The van der Waals surface area contributed by atoms with Gasteiger partial charge in [-0.25, -0.2) is 0 Å². The molecule has 7 heteroatoms. The Balaban J connectivity index is 2.31. The third kappa shape index (κ3) is 3.08. The van der Waals surface area contributed by atoms with Crippen LogP contribution in [0.4, 0.5) is 5.69 Å². The molecule has 1 heterocycles. The van der Waals surface area contributed by atoms with Crippen LogP contribution in [0.5, 0.6) is 0 Å². The zero-order valence-corrected chi connectivity index (χ0v) is 12.0. The lowest BCUT2D eigenvalue weighted by Crippen LogP contribution is -2.48. The van der Waals surface area contributed by atoms with Gasteiger partial charge in [0.25, 0.3) is 11.6 Å². The van der Waals surface area contributed by atoms with Gasteiger partial charge in [0.15, 0.2) is 0 Å². The topological polar surface area (TPSA) is 72.7 Å². The summed E-state index contributed by atoms with van der Waals surface area (Å²) < 4.78 is 5.55. The predicted octanol–water partition coefficient (Wildman–Crippen LogP) is 2.50. The standard InChI is InChI=1S/C13H15ClN2O4/c1-8-6-15(7-9(2)20-8)13(17)11-4-3-10(14)5-12(11)16(18)19/h3-5,8-9H,6-7H2,1-2H3/t8-,9+. The van der Waals surface area contributed by atoms with Crippen molar-refractivity contribution in [1.82, 2.24) is 4.90 Å². The molecule has 2 rings (SSSR count). The monoisotopic (exact) mass is 298 g/mol. The van der Waals surface area contributed by atoms with Crippen LogP contribution < -0.4 is 0 Å². The molecule has 0 aliphatic carbocycles. The van der Waals surface area contributed by atoms with E-state index in [1.807, 2.05) is 13.8 Å². The number of hydrogen-bond acceptors (Lipinski definition) is 4. The van der Waals surface area contributed by atoms with Crippen molar-refractivity contribution in [3.8, 4) is 0 Å². The highest BCUT2D eigenvalue weighted by Gasteiger charge is 2.30. The molecule has 1 fully saturated rings. The molecule has 20 heavy (non-hydrogen) atoms. The Kier molecular flexibility index (Phi) is 4.25. The summed E-state index contributed by atoms with van der Waals surface area (Å²) in [5, 5.41) is 11.3. The molecule has 1 aliphatic heterocycles. The lowest BCUT2D eigenvalue weighted by molar-refractivity contribution is -0.385. The van der Waals surface area contributed by atoms with Gasteiger partial charge in [-0.05, 0) is 26.0 Å². The van der Waals surface area contributed by atoms with Gasteiger partial charge < -0.3 is 9.64 Å². The van der Waals surface area contributed by atoms with Gasteiger partial charge in [0.2, 0.25) is 0 Å². The summed E-state index contributed by atoms with van der Waals surface area (Å²) in [5.41, 5.74) is -0.213. The van der Waals surface area contributed by atoms with Crippen LogP contribution in [-0.4, -0.2) is 41.0 Å². The molecule has 0 radical (unpaired) electrons. The summed E-state index contributed by atoms with van der Waals surface area (Å²) in [6.07, 6.45) is -0.178. The molecule has 0 N–H and O–H groups in total. The Labute approximate surface area is 121 Å². The van der Waals surface area contributed by atoms with Gasteiger partial charge in [-0.2, -0.15) is 0 Å². The number of nitro benzene ring substituents is 1. The maximum atomic E-state index is 12.5. The van der Waals surface area contributed by atoms with Crippen LogP contribution in [0.15, 0.2) is 18.2 Å². The third-order valence-corrected chi connectivity index (χ3v) is 3.33. The maximum absolute atomic E-state index is 12.5. The van der Waals surface area contributed by atoms with Crippen LogP contribution in [-0.2, 0) is 4.74 Å². The van der Waals surface area contributed by atoms with E-state index in [-0.39, 0.29) is 34.4 Å². The Morgan fingerprint density at radius 3 is 2.55 bits per heavy atom. The smallest absolute Gasteiger partial charge is 0.283 e. The van der Waals surface area contributed by atoms with E-state index in [9.17, 15) is 14.9 Å². The summed E-state index contributed by atoms with van der Waals surface area (Å²) in [5.74, 6) is -0.365. The van der Waals surface area contributed by atoms with E-state index in [1.165, 1.54) is 18.2 Å². The summed E-state index contributed by atoms with van der Waals surface area (Å²) in [6, 6.07) is 4.07. The highest BCUT2D eigenvalue weighted by atomic mass is 35.5. The van der Waals surface area contributed by atoms with Crippen LogP contribution in [0.2, 0.25) is 5.02 Å². The lowest BCUT2D eigenvalue weighted by atomic mass is 10.1. The normalized spacial score (nSPS) is 22.6. The SMILES string of the molecule is C[C@@H]1CN(C(=O)c2ccc(Cl)cc2[N+](=O)[O-])C[C@H](C)O1. The van der Waals surface area contributed by atoms with Gasteiger partial charge in [0.05, 0.1) is 17.1 Å². The van der Waals surface area contributed by atoms with Crippen molar-refractivity contribution in [2.75, 3.05) is 13.1 Å². The molecule has 6 nitrogen and oxygen atoms in total. The van der Waals surface area contributed by atoms with E-state index in [0.29, 0.717) is 13.1 Å². The minimum absolute atomic E-state index is 0.0562. The van der Waals surface area contributed by atoms with Crippen LogP contribution >= 0.6 is 11.6 Å². The van der Waals surface area contributed by atoms with E-state index in [4.69, 9.17) is 16.3 Å². The molecular formula is C13H15ClN2O4.